The van der Waals surface area contributed by atoms with Gasteiger partial charge in [0.2, 0.25) is 5.95 Å². The van der Waals surface area contributed by atoms with Crippen LogP contribution in [0, 0.1) is 36.4 Å². The number of anilines is 4. The van der Waals surface area contributed by atoms with Gasteiger partial charge in [0.15, 0.2) is 0 Å². The molecule has 0 amide bonds. The van der Waals surface area contributed by atoms with Crippen molar-refractivity contribution < 1.29 is 6.85 Å². The number of nitriles is 2. The molecule has 0 atom stereocenters. The summed E-state index contributed by atoms with van der Waals surface area (Å²) in [6.45, 7) is -0.654. The van der Waals surface area contributed by atoms with E-state index in [9.17, 15) is 0 Å². The largest absolute Gasteiger partial charge is 0.340 e. The summed E-state index contributed by atoms with van der Waals surface area (Å²) in [4.78, 5) is 8.46. The second-order valence-corrected chi connectivity index (χ2v) is 5.76. The number of hydrogen-bond acceptors (Lipinski definition) is 6. The number of nitrogens with zero attached hydrogens (tertiary/aromatic N) is 4. The SMILES string of the molecule is [2H]c1cc(Nc2nccc(Nc3c(C)cc(/C=C/C#N)cc3C([2H])([2H])[2H])n2)cc([2H])c1C#N. The molecule has 6 heteroatoms. The number of rotatable bonds is 5. The highest BCUT2D eigenvalue weighted by atomic mass is 15.1. The van der Waals surface area contributed by atoms with E-state index < -0.39 is 6.85 Å². The van der Waals surface area contributed by atoms with Gasteiger partial charge in [0.25, 0.3) is 0 Å². The topological polar surface area (TPSA) is 97.4 Å². The predicted octanol–water partition coefficient (Wildman–Crippen LogP) is 4.99. The van der Waals surface area contributed by atoms with E-state index in [1.807, 2.05) is 12.1 Å². The van der Waals surface area contributed by atoms with Crippen LogP contribution in [0.2, 0.25) is 0 Å². The van der Waals surface area contributed by atoms with Crippen molar-refractivity contribution in [2.24, 2.45) is 0 Å². The van der Waals surface area contributed by atoms with Crippen molar-refractivity contribution in [3.05, 3.63) is 76.9 Å². The Balaban J connectivity index is 1.94. The van der Waals surface area contributed by atoms with Crippen molar-refractivity contribution in [2.75, 3.05) is 10.6 Å². The molecule has 0 aliphatic rings. The molecule has 0 spiro atoms. The minimum atomic E-state index is -2.41. The monoisotopic (exact) mass is 371 g/mol. The quantitative estimate of drug-likeness (QED) is 0.613. The van der Waals surface area contributed by atoms with E-state index in [1.165, 1.54) is 36.5 Å². The van der Waals surface area contributed by atoms with Gasteiger partial charge in [-0.2, -0.15) is 15.5 Å². The summed E-state index contributed by atoms with van der Waals surface area (Å²) in [7, 11) is 0. The lowest BCUT2D eigenvalue weighted by atomic mass is 10.0. The van der Waals surface area contributed by atoms with Crippen LogP contribution in [0.1, 0.15) is 29.1 Å². The van der Waals surface area contributed by atoms with Crippen LogP contribution >= 0.6 is 0 Å². The van der Waals surface area contributed by atoms with Gasteiger partial charge in [0, 0.05) is 27.8 Å². The summed E-state index contributed by atoms with van der Waals surface area (Å²) in [5, 5.41) is 23.7. The number of allylic oxidation sites excluding steroid dienone is 1. The molecule has 0 aliphatic heterocycles. The Hall–Kier alpha value is -4.16. The van der Waals surface area contributed by atoms with Gasteiger partial charge in [0.05, 0.1) is 20.4 Å². The van der Waals surface area contributed by atoms with Gasteiger partial charge < -0.3 is 10.6 Å². The first-order chi connectivity index (χ1) is 15.6. The molecule has 1 heterocycles. The number of benzene rings is 2. The van der Waals surface area contributed by atoms with Gasteiger partial charge in [-0.1, -0.05) is 0 Å². The number of aromatic nitrogens is 2. The third-order valence-electron chi connectivity index (χ3n) is 3.73. The highest BCUT2D eigenvalue weighted by Gasteiger charge is 2.07. The zero-order valence-corrected chi connectivity index (χ0v) is 14.9. The van der Waals surface area contributed by atoms with Gasteiger partial charge in [0.1, 0.15) is 5.82 Å². The maximum absolute atomic E-state index is 9.02. The summed E-state index contributed by atoms with van der Waals surface area (Å²) in [5.74, 6) is 0.484. The minimum Gasteiger partial charge on any atom is -0.340 e. The third-order valence-corrected chi connectivity index (χ3v) is 3.73. The Morgan fingerprint density at radius 1 is 1.14 bits per heavy atom. The van der Waals surface area contributed by atoms with E-state index in [1.54, 1.807) is 19.1 Å². The third kappa shape index (κ3) is 4.51. The maximum Gasteiger partial charge on any atom is 0.229 e. The lowest BCUT2D eigenvalue weighted by molar-refractivity contribution is 1.16. The van der Waals surface area contributed by atoms with Crippen molar-refractivity contribution in [3.63, 3.8) is 0 Å². The molecule has 1 aromatic heterocycles. The van der Waals surface area contributed by atoms with E-state index in [0.29, 0.717) is 28.3 Å². The van der Waals surface area contributed by atoms with Crippen LogP contribution in [0.5, 0.6) is 0 Å². The van der Waals surface area contributed by atoms with E-state index in [2.05, 4.69) is 20.6 Å². The van der Waals surface area contributed by atoms with Crippen molar-refractivity contribution >= 4 is 29.2 Å². The second kappa shape index (κ2) is 8.48. The van der Waals surface area contributed by atoms with Crippen LogP contribution in [0.25, 0.3) is 6.08 Å². The lowest BCUT2D eigenvalue weighted by Crippen LogP contribution is -2.02. The summed E-state index contributed by atoms with van der Waals surface area (Å²) in [6, 6.07) is 11.1. The molecule has 0 unspecified atom stereocenters. The molecule has 0 saturated heterocycles. The average molecular weight is 371 g/mol. The minimum absolute atomic E-state index is 0.0300. The van der Waals surface area contributed by atoms with Gasteiger partial charge in [-0.15, -0.1) is 0 Å². The molecule has 3 aromatic rings. The molecule has 136 valence electrons. The number of nitrogens with one attached hydrogen (secondary N) is 2. The van der Waals surface area contributed by atoms with Crippen LogP contribution in [0.4, 0.5) is 23.1 Å². The van der Waals surface area contributed by atoms with Gasteiger partial charge in [-0.3, -0.25) is 0 Å². The standard InChI is InChI=1S/C22H18N6/c1-15-12-18(4-3-10-23)13-16(2)21(15)27-20-9-11-25-22(28-20)26-19-7-5-17(14-24)6-8-19/h3-9,11-13H,1-2H3,(H2,25,26,27,28)/b4-3+/i1D3,5D,6D. The molecule has 3 rings (SSSR count). The van der Waals surface area contributed by atoms with E-state index in [-0.39, 0.29) is 29.2 Å². The molecular formula is C22H18N6. The zero-order chi connectivity index (χ0) is 24.2. The highest BCUT2D eigenvalue weighted by Crippen LogP contribution is 2.26. The fourth-order valence-electron chi connectivity index (χ4n) is 2.48. The summed E-state index contributed by atoms with van der Waals surface area (Å²) < 4.78 is 39.5. The maximum atomic E-state index is 9.02. The van der Waals surface area contributed by atoms with E-state index >= 15 is 0 Å². The second-order valence-electron chi connectivity index (χ2n) is 5.76. The van der Waals surface area contributed by atoms with Crippen molar-refractivity contribution in [1.29, 1.82) is 10.5 Å². The molecule has 0 fully saturated rings. The molecule has 28 heavy (non-hydrogen) atoms. The normalized spacial score (nSPS) is 13.3. The molecular weight excluding hydrogens is 348 g/mol. The molecule has 0 aliphatic carbocycles. The van der Waals surface area contributed by atoms with E-state index in [0.717, 1.165) is 0 Å². The van der Waals surface area contributed by atoms with Gasteiger partial charge >= 0.3 is 0 Å². The Morgan fingerprint density at radius 3 is 2.64 bits per heavy atom. The molecule has 0 saturated carbocycles. The lowest BCUT2D eigenvalue weighted by Gasteiger charge is -2.14. The van der Waals surface area contributed by atoms with Crippen molar-refractivity contribution in [2.45, 2.75) is 13.8 Å². The van der Waals surface area contributed by atoms with Crippen LogP contribution in [0.15, 0.2) is 54.7 Å². The van der Waals surface area contributed by atoms with E-state index in [4.69, 9.17) is 17.4 Å². The van der Waals surface area contributed by atoms with Crippen LogP contribution in [-0.2, 0) is 0 Å². The fraction of sp³-hybridized carbons (Fsp3) is 0.0909. The van der Waals surface area contributed by atoms with Crippen molar-refractivity contribution in [3.8, 4) is 12.1 Å². The van der Waals surface area contributed by atoms with Crippen LogP contribution in [0.3, 0.4) is 0 Å². The van der Waals surface area contributed by atoms with Crippen LogP contribution < -0.4 is 10.6 Å². The first-order valence-corrected chi connectivity index (χ1v) is 8.22. The molecule has 2 aromatic carbocycles. The Morgan fingerprint density at radius 2 is 1.93 bits per heavy atom. The molecule has 0 radical (unpaired) electrons. The number of hydrogen-bond donors (Lipinski definition) is 2. The average Bonchev–Trinajstić information content (AvgIpc) is 2.73. The molecule has 6 nitrogen and oxygen atoms in total. The van der Waals surface area contributed by atoms with Gasteiger partial charge in [-0.05, 0) is 79.0 Å². The molecule has 0 bridgehead atoms. The van der Waals surface area contributed by atoms with Gasteiger partial charge in [-0.25, -0.2) is 4.98 Å². The summed E-state index contributed by atoms with van der Waals surface area (Å²) in [5.41, 5.74) is 2.03. The van der Waals surface area contributed by atoms with Crippen LogP contribution in [-0.4, -0.2) is 9.97 Å². The Labute approximate surface area is 170 Å². The summed E-state index contributed by atoms with van der Waals surface area (Å²) in [6.07, 6.45) is 4.29. The highest BCUT2D eigenvalue weighted by molar-refractivity contribution is 5.69. The van der Waals surface area contributed by atoms with Crippen molar-refractivity contribution in [1.82, 2.24) is 9.97 Å². The first kappa shape index (κ1) is 13.1. The Kier molecular flexibility index (Phi) is 3.96. The summed E-state index contributed by atoms with van der Waals surface area (Å²) >= 11 is 0. The predicted molar refractivity (Wildman–Crippen MR) is 110 cm³/mol. The molecule has 2 N–H and O–H groups in total. The fourth-order valence-corrected chi connectivity index (χ4v) is 2.48. The zero-order valence-electron chi connectivity index (χ0n) is 19.9. The number of aryl methyl sites for hydroxylation is 2. The Bertz CT molecular complexity index is 1300. The smallest absolute Gasteiger partial charge is 0.229 e. The first-order valence-electron chi connectivity index (χ1n) is 10.7.